The molecule has 2 aromatic rings. The first-order chi connectivity index (χ1) is 11.1. The fourth-order valence-electron chi connectivity index (χ4n) is 2.94. The minimum absolute atomic E-state index is 0.448. The van der Waals surface area contributed by atoms with Crippen LogP contribution >= 0.6 is 0 Å². The maximum atomic E-state index is 13.3. The summed E-state index contributed by atoms with van der Waals surface area (Å²) in [5.74, 6) is -1.12. The standard InChI is InChI=1S/C19H20F2N2/c1-2-23-9-7-19(8-10-23)22-18-5-3-14(4-6-18)15-11-16(20)13-17(21)12-15/h2-6,11-13,19,22H,1,7-10H2. The summed E-state index contributed by atoms with van der Waals surface area (Å²) in [4.78, 5) is 2.22. The van der Waals surface area contributed by atoms with Gasteiger partial charge in [-0.1, -0.05) is 18.7 Å². The number of nitrogens with zero attached hydrogens (tertiary/aromatic N) is 1. The molecule has 3 rings (SSSR count). The van der Waals surface area contributed by atoms with Gasteiger partial charge in [0.2, 0.25) is 0 Å². The number of halogens is 2. The zero-order valence-corrected chi connectivity index (χ0v) is 12.9. The van der Waals surface area contributed by atoms with Crippen LogP contribution in [0.25, 0.3) is 11.1 Å². The van der Waals surface area contributed by atoms with Gasteiger partial charge in [-0.3, -0.25) is 0 Å². The van der Waals surface area contributed by atoms with E-state index in [-0.39, 0.29) is 0 Å². The number of benzene rings is 2. The van der Waals surface area contributed by atoms with E-state index in [4.69, 9.17) is 0 Å². The molecule has 2 aromatic carbocycles. The number of likely N-dealkylation sites (tertiary alicyclic amines) is 1. The van der Waals surface area contributed by atoms with E-state index in [1.54, 1.807) is 0 Å². The van der Waals surface area contributed by atoms with Crippen molar-refractivity contribution in [1.82, 2.24) is 4.90 Å². The quantitative estimate of drug-likeness (QED) is 0.883. The average Bonchev–Trinajstić information content (AvgIpc) is 2.55. The molecular formula is C19H20F2N2. The van der Waals surface area contributed by atoms with E-state index in [1.165, 1.54) is 12.1 Å². The molecule has 120 valence electrons. The second-order valence-electron chi connectivity index (χ2n) is 5.87. The lowest BCUT2D eigenvalue weighted by molar-refractivity contribution is 0.294. The van der Waals surface area contributed by atoms with E-state index < -0.39 is 11.6 Å². The lowest BCUT2D eigenvalue weighted by Gasteiger charge is -2.31. The molecule has 0 bridgehead atoms. The molecular weight excluding hydrogens is 294 g/mol. The van der Waals surface area contributed by atoms with Crippen molar-refractivity contribution in [3.8, 4) is 11.1 Å². The van der Waals surface area contributed by atoms with Crippen LogP contribution in [0.3, 0.4) is 0 Å². The average molecular weight is 314 g/mol. The van der Waals surface area contributed by atoms with Gasteiger partial charge < -0.3 is 10.2 Å². The molecule has 1 fully saturated rings. The number of hydrogen-bond acceptors (Lipinski definition) is 2. The van der Waals surface area contributed by atoms with Crippen molar-refractivity contribution >= 4 is 5.69 Å². The molecule has 1 aliphatic rings. The van der Waals surface area contributed by atoms with Gasteiger partial charge in [0, 0.05) is 30.9 Å². The Kier molecular flexibility index (Phi) is 4.60. The maximum absolute atomic E-state index is 13.3. The minimum Gasteiger partial charge on any atom is -0.382 e. The normalized spacial score (nSPS) is 15.5. The highest BCUT2D eigenvalue weighted by Gasteiger charge is 2.16. The van der Waals surface area contributed by atoms with Crippen LogP contribution in [0.2, 0.25) is 0 Å². The lowest BCUT2D eigenvalue weighted by atomic mass is 10.0. The lowest BCUT2D eigenvalue weighted by Crippen LogP contribution is -2.36. The molecule has 0 saturated carbocycles. The molecule has 0 amide bonds. The molecule has 0 aliphatic carbocycles. The molecule has 1 heterocycles. The summed E-state index contributed by atoms with van der Waals surface area (Å²) in [6, 6.07) is 11.7. The molecule has 1 N–H and O–H groups in total. The van der Waals surface area contributed by atoms with E-state index in [0.29, 0.717) is 11.6 Å². The Hall–Kier alpha value is -2.36. The van der Waals surface area contributed by atoms with Gasteiger partial charge in [0.25, 0.3) is 0 Å². The van der Waals surface area contributed by atoms with Crippen molar-refractivity contribution < 1.29 is 8.78 Å². The van der Waals surface area contributed by atoms with Crippen LogP contribution in [0.1, 0.15) is 12.8 Å². The highest BCUT2D eigenvalue weighted by Crippen LogP contribution is 2.24. The summed E-state index contributed by atoms with van der Waals surface area (Å²) in [7, 11) is 0. The van der Waals surface area contributed by atoms with E-state index in [9.17, 15) is 8.78 Å². The molecule has 0 unspecified atom stereocenters. The number of rotatable bonds is 4. The summed E-state index contributed by atoms with van der Waals surface area (Å²) >= 11 is 0. The van der Waals surface area contributed by atoms with E-state index >= 15 is 0 Å². The molecule has 0 radical (unpaired) electrons. The summed E-state index contributed by atoms with van der Waals surface area (Å²) < 4.78 is 26.6. The monoisotopic (exact) mass is 314 g/mol. The number of piperidine rings is 1. The number of hydrogen-bond donors (Lipinski definition) is 1. The van der Waals surface area contributed by atoms with Crippen LogP contribution in [0.15, 0.2) is 55.2 Å². The van der Waals surface area contributed by atoms with Gasteiger partial charge in [0.15, 0.2) is 0 Å². The van der Waals surface area contributed by atoms with Crippen LogP contribution in [0.4, 0.5) is 14.5 Å². The number of nitrogens with one attached hydrogen (secondary N) is 1. The van der Waals surface area contributed by atoms with Gasteiger partial charge in [0.05, 0.1) is 0 Å². The van der Waals surface area contributed by atoms with Crippen LogP contribution in [-0.4, -0.2) is 24.0 Å². The van der Waals surface area contributed by atoms with Crippen molar-refractivity contribution in [3.63, 3.8) is 0 Å². The van der Waals surface area contributed by atoms with Crippen LogP contribution in [-0.2, 0) is 0 Å². The van der Waals surface area contributed by atoms with Crippen molar-refractivity contribution in [3.05, 3.63) is 66.9 Å². The molecule has 0 spiro atoms. The Morgan fingerprint density at radius 3 is 2.13 bits per heavy atom. The summed E-state index contributed by atoms with van der Waals surface area (Å²) in [6.07, 6.45) is 4.04. The molecule has 2 nitrogen and oxygen atoms in total. The third-order valence-electron chi connectivity index (χ3n) is 4.24. The molecule has 23 heavy (non-hydrogen) atoms. The van der Waals surface area contributed by atoms with Gasteiger partial charge in [0.1, 0.15) is 11.6 Å². The van der Waals surface area contributed by atoms with Crippen LogP contribution < -0.4 is 5.32 Å². The van der Waals surface area contributed by atoms with Gasteiger partial charge >= 0.3 is 0 Å². The van der Waals surface area contributed by atoms with E-state index in [2.05, 4.69) is 16.8 Å². The first kappa shape index (κ1) is 15.5. The predicted octanol–water partition coefficient (Wildman–Crippen LogP) is 4.65. The fraction of sp³-hybridized carbons (Fsp3) is 0.263. The van der Waals surface area contributed by atoms with Gasteiger partial charge in [-0.2, -0.15) is 0 Å². The molecule has 0 aromatic heterocycles. The summed E-state index contributed by atoms with van der Waals surface area (Å²) in [6.45, 7) is 5.83. The number of anilines is 1. The second-order valence-corrected chi connectivity index (χ2v) is 5.87. The Labute approximate surface area is 135 Å². The summed E-state index contributed by atoms with van der Waals surface area (Å²) in [5, 5.41) is 3.52. The smallest absolute Gasteiger partial charge is 0.126 e. The van der Waals surface area contributed by atoms with E-state index in [0.717, 1.165) is 43.2 Å². The maximum Gasteiger partial charge on any atom is 0.126 e. The molecule has 1 aliphatic heterocycles. The Morgan fingerprint density at radius 1 is 0.957 bits per heavy atom. The molecule has 4 heteroatoms. The topological polar surface area (TPSA) is 15.3 Å². The van der Waals surface area contributed by atoms with Gasteiger partial charge in [-0.15, -0.1) is 0 Å². The highest BCUT2D eigenvalue weighted by atomic mass is 19.1. The minimum atomic E-state index is -0.559. The highest BCUT2D eigenvalue weighted by molar-refractivity contribution is 5.66. The third-order valence-corrected chi connectivity index (χ3v) is 4.24. The van der Waals surface area contributed by atoms with Crippen molar-refractivity contribution in [2.75, 3.05) is 18.4 Å². The Morgan fingerprint density at radius 2 is 1.57 bits per heavy atom. The SMILES string of the molecule is C=CN1CCC(Nc2ccc(-c3cc(F)cc(F)c3)cc2)CC1. The predicted molar refractivity (Wildman–Crippen MR) is 90.2 cm³/mol. The van der Waals surface area contributed by atoms with Crippen molar-refractivity contribution in [2.24, 2.45) is 0 Å². The van der Waals surface area contributed by atoms with Crippen LogP contribution in [0, 0.1) is 11.6 Å². The van der Waals surface area contributed by atoms with E-state index in [1.807, 2.05) is 30.5 Å². The molecule has 1 saturated heterocycles. The van der Waals surface area contributed by atoms with Crippen molar-refractivity contribution in [2.45, 2.75) is 18.9 Å². The zero-order valence-electron chi connectivity index (χ0n) is 12.9. The summed E-state index contributed by atoms with van der Waals surface area (Å²) in [5.41, 5.74) is 2.38. The zero-order chi connectivity index (χ0) is 16.2. The Balaban J connectivity index is 1.66. The van der Waals surface area contributed by atoms with Gasteiger partial charge in [-0.25, -0.2) is 8.78 Å². The van der Waals surface area contributed by atoms with Crippen molar-refractivity contribution in [1.29, 1.82) is 0 Å². The first-order valence-electron chi connectivity index (χ1n) is 7.84. The fourth-order valence-corrected chi connectivity index (χ4v) is 2.94. The second kappa shape index (κ2) is 6.82. The Bertz CT molecular complexity index is 654. The first-order valence-corrected chi connectivity index (χ1v) is 7.84. The largest absolute Gasteiger partial charge is 0.382 e. The van der Waals surface area contributed by atoms with Gasteiger partial charge in [-0.05, 0) is 54.4 Å². The molecule has 0 atom stereocenters. The third kappa shape index (κ3) is 3.89. The van der Waals surface area contributed by atoms with Crippen LogP contribution in [0.5, 0.6) is 0 Å².